The number of carbonyl (C=O) groups excluding carboxylic acids is 2. The molecule has 1 aliphatic carbocycles. The van der Waals surface area contributed by atoms with Crippen LogP contribution in [0.25, 0.3) is 0 Å². The largest absolute Gasteiger partial charge is 0.307 e. The van der Waals surface area contributed by atoms with Crippen molar-refractivity contribution in [1.29, 1.82) is 0 Å². The van der Waals surface area contributed by atoms with Crippen LogP contribution in [0.5, 0.6) is 0 Å². The Morgan fingerprint density at radius 3 is 2.56 bits per heavy atom. The SMILES string of the molecule is O=C(CCCN1CCC(Cc2ccccc2)CC1)c1ccc2c(c1)N(Cc1cc(F)ccc1Cl)C(=O)[C@@H]1CCCC[C@@H]1S2. The standard InChI is InChI=1S/C36H40ClFN2O2S/c37-31-14-13-29(38)22-28(31)24-40-32-23-27(12-15-35(32)43-34-11-5-4-9-30(34)36(40)42)33(41)10-6-18-39-19-16-26(17-20-39)21-25-7-2-1-3-8-25/h1-3,7-8,12-15,22-23,26,30,34H,4-6,9-11,16-21,24H2/t30-,34+/m1/s1. The third kappa shape index (κ3) is 7.35. The van der Waals surface area contributed by atoms with E-state index in [1.165, 1.54) is 30.5 Å². The molecule has 1 amide bonds. The molecule has 4 nitrogen and oxygen atoms in total. The number of carbonyl (C=O) groups is 2. The molecule has 3 aromatic rings. The van der Waals surface area contributed by atoms with Crippen molar-refractivity contribution in [3.63, 3.8) is 0 Å². The summed E-state index contributed by atoms with van der Waals surface area (Å²) in [6.07, 6.45) is 8.85. The van der Waals surface area contributed by atoms with Gasteiger partial charge in [0.05, 0.1) is 18.2 Å². The van der Waals surface area contributed by atoms with Crippen molar-refractivity contribution in [2.24, 2.45) is 11.8 Å². The number of thioether (sulfide) groups is 1. The zero-order chi connectivity index (χ0) is 29.8. The molecular formula is C36H40ClFN2O2S. The Balaban J connectivity index is 1.11. The molecule has 226 valence electrons. The van der Waals surface area contributed by atoms with E-state index < -0.39 is 0 Å². The molecule has 0 aromatic heterocycles. The van der Waals surface area contributed by atoms with Crippen LogP contribution < -0.4 is 4.90 Å². The van der Waals surface area contributed by atoms with Crippen LogP contribution in [0.2, 0.25) is 5.02 Å². The first-order valence-corrected chi connectivity index (χ1v) is 17.1. The molecule has 0 unspecified atom stereocenters. The Hall–Kier alpha value is -2.67. The quantitative estimate of drug-likeness (QED) is 0.225. The monoisotopic (exact) mass is 618 g/mol. The molecule has 0 bridgehead atoms. The summed E-state index contributed by atoms with van der Waals surface area (Å²) < 4.78 is 14.2. The van der Waals surface area contributed by atoms with E-state index in [0.717, 1.165) is 74.7 Å². The fraction of sp³-hybridized carbons (Fsp3) is 0.444. The number of rotatable bonds is 9. The van der Waals surface area contributed by atoms with Gasteiger partial charge < -0.3 is 9.80 Å². The minimum atomic E-state index is -0.379. The normalized spacial score (nSPS) is 21.3. The van der Waals surface area contributed by atoms with Gasteiger partial charge in [0.25, 0.3) is 0 Å². The maximum Gasteiger partial charge on any atom is 0.231 e. The van der Waals surface area contributed by atoms with E-state index in [1.807, 2.05) is 18.2 Å². The third-order valence-corrected chi connectivity index (χ3v) is 11.3. The van der Waals surface area contributed by atoms with Gasteiger partial charge in [0.1, 0.15) is 5.82 Å². The summed E-state index contributed by atoms with van der Waals surface area (Å²) in [5.41, 5.74) is 3.37. The van der Waals surface area contributed by atoms with Gasteiger partial charge in [-0.15, -0.1) is 11.8 Å². The summed E-state index contributed by atoms with van der Waals surface area (Å²) in [6, 6.07) is 20.9. The van der Waals surface area contributed by atoms with Gasteiger partial charge in [0.2, 0.25) is 5.91 Å². The number of amides is 1. The molecule has 2 aliphatic heterocycles. The number of nitrogens with zero attached hydrogens (tertiary/aromatic N) is 2. The van der Waals surface area contributed by atoms with Gasteiger partial charge in [-0.1, -0.05) is 60.8 Å². The lowest BCUT2D eigenvalue weighted by atomic mass is 9.87. The predicted octanol–water partition coefficient (Wildman–Crippen LogP) is 8.59. The van der Waals surface area contributed by atoms with Gasteiger partial charge in [-0.05, 0) is 106 Å². The number of anilines is 1. The summed E-state index contributed by atoms with van der Waals surface area (Å²) >= 11 is 8.20. The van der Waals surface area contributed by atoms with Crippen LogP contribution >= 0.6 is 23.4 Å². The van der Waals surface area contributed by atoms with Crippen molar-refractivity contribution in [1.82, 2.24) is 4.90 Å². The van der Waals surface area contributed by atoms with E-state index in [0.29, 0.717) is 22.6 Å². The molecule has 0 spiro atoms. The zero-order valence-corrected chi connectivity index (χ0v) is 26.2. The highest BCUT2D eigenvalue weighted by molar-refractivity contribution is 8.00. The van der Waals surface area contributed by atoms with Crippen LogP contribution in [0.4, 0.5) is 10.1 Å². The minimum Gasteiger partial charge on any atom is -0.307 e. The number of ketones is 1. The summed E-state index contributed by atoms with van der Waals surface area (Å²) in [5.74, 6) is 0.418. The Bertz CT molecular complexity index is 1440. The number of fused-ring (bicyclic) bond motifs is 2. The highest BCUT2D eigenvalue weighted by atomic mass is 35.5. The number of Topliss-reactive ketones (excluding diaryl/α,β-unsaturated/α-hetero) is 1. The smallest absolute Gasteiger partial charge is 0.231 e. The first-order valence-electron chi connectivity index (χ1n) is 15.8. The van der Waals surface area contributed by atoms with Crippen LogP contribution in [-0.2, 0) is 17.8 Å². The lowest BCUT2D eigenvalue weighted by molar-refractivity contribution is -0.123. The van der Waals surface area contributed by atoms with Crippen LogP contribution in [0.1, 0.15) is 72.9 Å². The average Bonchev–Trinajstić information content (AvgIpc) is 3.14. The van der Waals surface area contributed by atoms with Crippen molar-refractivity contribution in [3.05, 3.63) is 94.3 Å². The maximum absolute atomic E-state index is 14.2. The second kappa shape index (κ2) is 14.0. The molecule has 0 radical (unpaired) electrons. The molecule has 3 aromatic carbocycles. The Morgan fingerprint density at radius 1 is 0.953 bits per heavy atom. The Morgan fingerprint density at radius 2 is 1.74 bits per heavy atom. The van der Waals surface area contributed by atoms with Crippen LogP contribution in [0.15, 0.2) is 71.6 Å². The molecule has 7 heteroatoms. The molecule has 1 saturated heterocycles. The first kappa shape index (κ1) is 30.4. The van der Waals surface area contributed by atoms with Crippen molar-refractivity contribution < 1.29 is 14.0 Å². The number of hydrogen-bond acceptors (Lipinski definition) is 4. The molecule has 2 heterocycles. The van der Waals surface area contributed by atoms with E-state index in [2.05, 4.69) is 35.2 Å². The van der Waals surface area contributed by atoms with Gasteiger partial charge >= 0.3 is 0 Å². The number of piperidine rings is 1. The summed E-state index contributed by atoms with van der Waals surface area (Å²) in [4.78, 5) is 32.6. The van der Waals surface area contributed by atoms with Crippen molar-refractivity contribution >= 4 is 40.7 Å². The first-order chi connectivity index (χ1) is 20.9. The Labute approximate surface area is 264 Å². The second-order valence-corrected chi connectivity index (χ2v) is 14.1. The molecule has 3 aliphatic rings. The van der Waals surface area contributed by atoms with Gasteiger partial charge in [-0.3, -0.25) is 9.59 Å². The highest BCUT2D eigenvalue weighted by Gasteiger charge is 2.39. The van der Waals surface area contributed by atoms with E-state index in [-0.39, 0.29) is 35.2 Å². The lowest BCUT2D eigenvalue weighted by Gasteiger charge is -2.32. The summed E-state index contributed by atoms with van der Waals surface area (Å²) in [7, 11) is 0. The predicted molar refractivity (Wildman–Crippen MR) is 174 cm³/mol. The van der Waals surface area contributed by atoms with Crippen LogP contribution in [-0.4, -0.2) is 41.5 Å². The molecule has 1 saturated carbocycles. The summed E-state index contributed by atoms with van der Waals surface area (Å²) in [6.45, 7) is 3.29. The number of benzene rings is 3. The van der Waals surface area contributed by atoms with Gasteiger partial charge in [-0.2, -0.15) is 0 Å². The van der Waals surface area contributed by atoms with Gasteiger partial charge in [0, 0.05) is 27.2 Å². The molecule has 6 rings (SSSR count). The van der Waals surface area contributed by atoms with Gasteiger partial charge in [-0.25, -0.2) is 4.39 Å². The molecule has 2 atom stereocenters. The summed E-state index contributed by atoms with van der Waals surface area (Å²) in [5, 5.41) is 0.649. The topological polar surface area (TPSA) is 40.6 Å². The number of halogens is 2. The molecule has 2 fully saturated rings. The van der Waals surface area contributed by atoms with E-state index >= 15 is 0 Å². The fourth-order valence-electron chi connectivity index (χ4n) is 6.97. The third-order valence-electron chi connectivity index (χ3n) is 9.42. The van der Waals surface area contributed by atoms with Crippen molar-refractivity contribution in [2.45, 2.75) is 74.5 Å². The Kier molecular flexibility index (Phi) is 9.86. The molecule has 0 N–H and O–H groups in total. The van der Waals surface area contributed by atoms with Gasteiger partial charge in [0.15, 0.2) is 5.78 Å². The van der Waals surface area contributed by atoms with E-state index in [9.17, 15) is 14.0 Å². The lowest BCUT2D eigenvalue weighted by Crippen LogP contribution is -2.39. The second-order valence-electron chi connectivity index (χ2n) is 12.4. The number of likely N-dealkylation sites (tertiary alicyclic amines) is 1. The van der Waals surface area contributed by atoms with Crippen LogP contribution in [0, 0.1) is 17.7 Å². The van der Waals surface area contributed by atoms with Crippen LogP contribution in [0.3, 0.4) is 0 Å². The number of hydrogen-bond donors (Lipinski definition) is 0. The molecule has 43 heavy (non-hydrogen) atoms. The van der Waals surface area contributed by atoms with E-state index in [1.54, 1.807) is 22.7 Å². The van der Waals surface area contributed by atoms with Crippen molar-refractivity contribution in [3.8, 4) is 0 Å². The fourth-order valence-corrected chi connectivity index (χ4v) is 8.61. The maximum atomic E-state index is 14.2. The van der Waals surface area contributed by atoms with Crippen molar-refractivity contribution in [2.75, 3.05) is 24.5 Å². The highest BCUT2D eigenvalue weighted by Crippen LogP contribution is 2.46. The van der Waals surface area contributed by atoms with E-state index in [4.69, 9.17) is 11.6 Å². The molecular weight excluding hydrogens is 579 g/mol. The average molecular weight is 619 g/mol. The minimum absolute atomic E-state index is 0.0524. The zero-order valence-electron chi connectivity index (χ0n) is 24.7.